The van der Waals surface area contributed by atoms with Gasteiger partial charge < -0.3 is 15.2 Å². The predicted molar refractivity (Wildman–Crippen MR) is 42.1 cm³/mol. The van der Waals surface area contributed by atoms with E-state index >= 15 is 0 Å². The van der Waals surface area contributed by atoms with Gasteiger partial charge >= 0.3 is 12.1 Å². The van der Waals surface area contributed by atoms with E-state index in [2.05, 4.69) is 4.74 Å². The molecule has 0 aromatic heterocycles. The number of halogens is 3. The molecular formula is C7H10F3NO4. The fourth-order valence-corrected chi connectivity index (χ4v) is 0.945. The van der Waals surface area contributed by atoms with E-state index in [-0.39, 0.29) is 0 Å². The summed E-state index contributed by atoms with van der Waals surface area (Å²) in [4.78, 5) is 21.0. The number of carboxylic acid groups (broad SMARTS) is 1. The highest BCUT2D eigenvalue weighted by molar-refractivity contribution is 5.82. The van der Waals surface area contributed by atoms with E-state index in [0.29, 0.717) is 0 Å². The topological polar surface area (TPSA) is 75.6 Å². The molecule has 0 saturated carbocycles. The van der Waals surface area contributed by atoms with Crippen molar-refractivity contribution in [2.24, 2.45) is 0 Å². The minimum atomic E-state index is -4.86. The molecule has 15 heavy (non-hydrogen) atoms. The Morgan fingerprint density at radius 1 is 1.40 bits per heavy atom. The molecule has 0 saturated heterocycles. The van der Waals surface area contributed by atoms with Gasteiger partial charge in [0.25, 0.3) is 0 Å². The van der Waals surface area contributed by atoms with Gasteiger partial charge in [-0.05, 0) is 0 Å². The number of carboxylic acids is 1. The largest absolute Gasteiger partial charge is 0.480 e. The third-order valence-corrected chi connectivity index (χ3v) is 1.50. The Bertz CT molecular complexity index is 253. The summed E-state index contributed by atoms with van der Waals surface area (Å²) in [7, 11) is 0.718. The maximum atomic E-state index is 12.2. The maximum absolute atomic E-state index is 12.2. The van der Waals surface area contributed by atoms with Crippen molar-refractivity contribution in [2.75, 3.05) is 7.11 Å². The molecule has 0 rings (SSSR count). The zero-order chi connectivity index (χ0) is 12.2. The molecule has 0 aromatic carbocycles. The average Bonchev–Trinajstić information content (AvgIpc) is 2.00. The molecule has 2 atom stereocenters. The number of hydrogen-bond donors (Lipinski definition) is 2. The summed E-state index contributed by atoms with van der Waals surface area (Å²) in [5.74, 6) is -2.69. The van der Waals surface area contributed by atoms with Gasteiger partial charge in [-0.2, -0.15) is 13.2 Å². The molecule has 1 amide bonds. The Balaban J connectivity index is 4.87. The monoisotopic (exact) mass is 229 g/mol. The zero-order valence-corrected chi connectivity index (χ0v) is 7.96. The smallest absolute Gasteiger partial charge is 0.417 e. The van der Waals surface area contributed by atoms with Gasteiger partial charge in [-0.3, -0.25) is 4.79 Å². The summed E-state index contributed by atoms with van der Waals surface area (Å²) in [6.07, 6.45) is -7.43. The number of amides is 1. The summed E-state index contributed by atoms with van der Waals surface area (Å²) in [6.45, 7) is 0.916. The number of nitrogens with one attached hydrogen (secondary N) is 1. The highest BCUT2D eigenvalue weighted by atomic mass is 19.4. The average molecular weight is 229 g/mol. The Labute approximate surface area is 83.2 Å². The first kappa shape index (κ1) is 13.7. The molecule has 0 fully saturated rings. The molecule has 0 aromatic rings. The van der Waals surface area contributed by atoms with Crippen molar-refractivity contribution in [3.05, 3.63) is 0 Å². The second-order valence-electron chi connectivity index (χ2n) is 2.71. The van der Waals surface area contributed by atoms with Crippen LogP contribution < -0.4 is 5.32 Å². The van der Waals surface area contributed by atoms with E-state index in [4.69, 9.17) is 5.11 Å². The number of carbonyl (C=O) groups excluding carboxylic acids is 1. The maximum Gasteiger partial charge on any atom is 0.417 e. The van der Waals surface area contributed by atoms with Crippen LogP contribution in [0.3, 0.4) is 0 Å². The van der Waals surface area contributed by atoms with Gasteiger partial charge in [0.15, 0.2) is 12.1 Å². The number of alkyl halides is 3. The number of carbonyl (C=O) groups is 2. The number of hydrogen-bond acceptors (Lipinski definition) is 3. The number of ether oxygens (including phenoxy) is 1. The van der Waals surface area contributed by atoms with Crippen molar-refractivity contribution in [2.45, 2.75) is 25.2 Å². The fraction of sp³-hybridized carbons (Fsp3) is 0.714. The first-order valence-electron chi connectivity index (χ1n) is 3.79. The molecular weight excluding hydrogens is 219 g/mol. The Morgan fingerprint density at radius 3 is 2.07 bits per heavy atom. The molecule has 0 aliphatic heterocycles. The van der Waals surface area contributed by atoms with Crippen LogP contribution in [0.2, 0.25) is 0 Å². The SMILES string of the molecule is COC(C(NC(C)=O)C(=O)O)C(F)(F)F. The molecule has 5 nitrogen and oxygen atoms in total. The van der Waals surface area contributed by atoms with Crippen molar-refractivity contribution >= 4 is 11.9 Å². The van der Waals surface area contributed by atoms with Crippen molar-refractivity contribution in [3.8, 4) is 0 Å². The molecule has 8 heteroatoms. The fourth-order valence-electron chi connectivity index (χ4n) is 0.945. The van der Waals surface area contributed by atoms with Crippen LogP contribution in [0.1, 0.15) is 6.92 Å². The van der Waals surface area contributed by atoms with Crippen LogP contribution >= 0.6 is 0 Å². The van der Waals surface area contributed by atoms with Crippen LogP contribution in [-0.4, -0.2) is 42.4 Å². The van der Waals surface area contributed by atoms with Crippen LogP contribution in [0.15, 0.2) is 0 Å². The molecule has 0 radical (unpaired) electrons. The van der Waals surface area contributed by atoms with Gasteiger partial charge in [-0.15, -0.1) is 0 Å². The minimum Gasteiger partial charge on any atom is -0.480 e. The van der Waals surface area contributed by atoms with Crippen LogP contribution in [0.4, 0.5) is 13.2 Å². The van der Waals surface area contributed by atoms with Crippen LogP contribution in [-0.2, 0) is 14.3 Å². The van der Waals surface area contributed by atoms with Gasteiger partial charge in [0.1, 0.15) is 0 Å². The Hall–Kier alpha value is -1.31. The summed E-state index contributed by atoms with van der Waals surface area (Å²) >= 11 is 0. The highest BCUT2D eigenvalue weighted by Crippen LogP contribution is 2.25. The lowest BCUT2D eigenvalue weighted by Crippen LogP contribution is -2.54. The number of aliphatic carboxylic acids is 1. The number of methoxy groups -OCH3 is 1. The van der Waals surface area contributed by atoms with Gasteiger partial charge in [-0.1, -0.05) is 0 Å². The van der Waals surface area contributed by atoms with Crippen molar-refractivity contribution in [1.29, 1.82) is 0 Å². The van der Waals surface area contributed by atoms with Crippen LogP contribution in [0.25, 0.3) is 0 Å². The molecule has 0 aliphatic rings. The predicted octanol–water partition coefficient (Wildman–Crippen LogP) is 0.153. The lowest BCUT2D eigenvalue weighted by molar-refractivity contribution is -0.223. The molecule has 0 spiro atoms. The van der Waals surface area contributed by atoms with E-state index in [1.54, 1.807) is 5.32 Å². The van der Waals surface area contributed by atoms with Gasteiger partial charge in [0.2, 0.25) is 5.91 Å². The molecule has 0 heterocycles. The quantitative estimate of drug-likeness (QED) is 0.719. The molecule has 2 N–H and O–H groups in total. The zero-order valence-electron chi connectivity index (χ0n) is 7.96. The van der Waals surface area contributed by atoms with E-state index in [0.717, 1.165) is 14.0 Å². The van der Waals surface area contributed by atoms with Gasteiger partial charge in [-0.25, -0.2) is 4.79 Å². The van der Waals surface area contributed by atoms with E-state index < -0.39 is 30.2 Å². The van der Waals surface area contributed by atoms with Crippen molar-refractivity contribution in [3.63, 3.8) is 0 Å². The minimum absolute atomic E-state index is 0.718. The highest BCUT2D eigenvalue weighted by Gasteiger charge is 2.48. The molecule has 2 unspecified atom stereocenters. The van der Waals surface area contributed by atoms with E-state index in [1.165, 1.54) is 0 Å². The number of rotatable bonds is 4. The van der Waals surface area contributed by atoms with E-state index in [1.807, 2.05) is 0 Å². The van der Waals surface area contributed by atoms with Crippen LogP contribution in [0.5, 0.6) is 0 Å². The molecule has 0 bridgehead atoms. The summed E-state index contributed by atoms with van der Waals surface area (Å²) in [5, 5.41) is 10.1. The second-order valence-corrected chi connectivity index (χ2v) is 2.71. The lowest BCUT2D eigenvalue weighted by Gasteiger charge is -2.24. The normalized spacial score (nSPS) is 15.5. The third-order valence-electron chi connectivity index (χ3n) is 1.50. The summed E-state index contributed by atoms with van der Waals surface area (Å²) in [5.41, 5.74) is 0. The summed E-state index contributed by atoms with van der Waals surface area (Å²) < 4.78 is 40.7. The first-order valence-corrected chi connectivity index (χ1v) is 3.79. The Morgan fingerprint density at radius 2 is 1.87 bits per heavy atom. The summed E-state index contributed by atoms with van der Waals surface area (Å²) in [6, 6.07) is -2.15. The van der Waals surface area contributed by atoms with Gasteiger partial charge in [0, 0.05) is 14.0 Å². The van der Waals surface area contributed by atoms with Crippen molar-refractivity contribution in [1.82, 2.24) is 5.32 Å². The van der Waals surface area contributed by atoms with Crippen molar-refractivity contribution < 1.29 is 32.6 Å². The Kier molecular flexibility index (Phi) is 4.53. The molecule has 0 aliphatic carbocycles. The third kappa shape index (κ3) is 4.15. The second kappa shape index (κ2) is 4.96. The molecule has 88 valence electrons. The first-order chi connectivity index (χ1) is 6.70. The standard InChI is InChI=1S/C7H10F3NO4/c1-3(12)11-4(6(13)14)5(15-2)7(8,9)10/h4-5H,1-2H3,(H,11,12)(H,13,14). The van der Waals surface area contributed by atoms with Gasteiger partial charge in [0.05, 0.1) is 0 Å². The van der Waals surface area contributed by atoms with E-state index in [9.17, 15) is 22.8 Å². The van der Waals surface area contributed by atoms with Crippen LogP contribution in [0, 0.1) is 0 Å². The lowest BCUT2D eigenvalue weighted by atomic mass is 10.1.